The minimum absolute atomic E-state index is 0.0416. The molecule has 0 unspecified atom stereocenters. The highest BCUT2D eigenvalue weighted by molar-refractivity contribution is 9.10. The van der Waals surface area contributed by atoms with Gasteiger partial charge in [0.2, 0.25) is 0 Å². The van der Waals surface area contributed by atoms with Gasteiger partial charge in [0.05, 0.1) is 17.9 Å². The molecule has 2 saturated heterocycles. The summed E-state index contributed by atoms with van der Waals surface area (Å²) >= 11 is 3.40. The highest BCUT2D eigenvalue weighted by Crippen LogP contribution is 2.31. The number of alkyl halides is 2. The van der Waals surface area contributed by atoms with E-state index >= 15 is 0 Å². The highest BCUT2D eigenvalue weighted by atomic mass is 79.9. The maximum absolute atomic E-state index is 13.3. The normalized spacial score (nSPS) is 22.7. The SMILES string of the molecule is FC1(F)CCN(Cc2nc(Br)ccc2N2CCCCC2)C1. The van der Waals surface area contributed by atoms with Gasteiger partial charge >= 0.3 is 0 Å². The molecule has 0 aliphatic carbocycles. The van der Waals surface area contributed by atoms with Gasteiger partial charge in [-0.2, -0.15) is 0 Å². The van der Waals surface area contributed by atoms with Crippen LogP contribution in [0.2, 0.25) is 0 Å². The molecule has 3 rings (SSSR count). The van der Waals surface area contributed by atoms with Crippen molar-refractivity contribution in [2.45, 2.75) is 38.2 Å². The summed E-state index contributed by atoms with van der Waals surface area (Å²) in [5, 5.41) is 0. The Balaban J connectivity index is 1.78. The fourth-order valence-electron chi connectivity index (χ4n) is 3.16. The average Bonchev–Trinajstić information content (AvgIpc) is 2.79. The molecule has 2 aliphatic heterocycles. The van der Waals surface area contributed by atoms with Gasteiger partial charge in [-0.15, -0.1) is 0 Å². The first-order valence-electron chi connectivity index (χ1n) is 7.54. The van der Waals surface area contributed by atoms with Crippen molar-refractivity contribution in [3.63, 3.8) is 0 Å². The van der Waals surface area contributed by atoms with Crippen molar-refractivity contribution in [2.75, 3.05) is 31.1 Å². The summed E-state index contributed by atoms with van der Waals surface area (Å²) in [5.41, 5.74) is 2.01. The minimum Gasteiger partial charge on any atom is -0.370 e. The van der Waals surface area contributed by atoms with Gasteiger partial charge in [-0.3, -0.25) is 4.90 Å². The number of hydrogen-bond acceptors (Lipinski definition) is 3. The van der Waals surface area contributed by atoms with E-state index in [-0.39, 0.29) is 13.0 Å². The third-order valence-electron chi connectivity index (χ3n) is 4.24. The molecule has 0 saturated carbocycles. The van der Waals surface area contributed by atoms with E-state index in [0.29, 0.717) is 13.1 Å². The van der Waals surface area contributed by atoms with E-state index in [4.69, 9.17) is 0 Å². The Labute approximate surface area is 132 Å². The van der Waals surface area contributed by atoms with E-state index < -0.39 is 5.92 Å². The molecular weight excluding hydrogens is 340 g/mol. The molecule has 6 heteroatoms. The number of nitrogens with zero attached hydrogens (tertiary/aromatic N) is 3. The van der Waals surface area contributed by atoms with Crippen molar-refractivity contribution >= 4 is 21.6 Å². The summed E-state index contributed by atoms with van der Waals surface area (Å²) in [7, 11) is 0. The van der Waals surface area contributed by atoms with Crippen LogP contribution in [0.15, 0.2) is 16.7 Å². The summed E-state index contributed by atoms with van der Waals surface area (Å²) in [4.78, 5) is 8.70. The van der Waals surface area contributed by atoms with Crippen molar-refractivity contribution in [3.8, 4) is 0 Å². The van der Waals surface area contributed by atoms with E-state index in [1.165, 1.54) is 19.3 Å². The Morgan fingerprint density at radius 3 is 2.57 bits per heavy atom. The van der Waals surface area contributed by atoms with Crippen LogP contribution in [0, 0.1) is 0 Å². The zero-order chi connectivity index (χ0) is 14.9. The Morgan fingerprint density at radius 1 is 1.14 bits per heavy atom. The molecule has 116 valence electrons. The fourth-order valence-corrected chi connectivity index (χ4v) is 3.51. The smallest absolute Gasteiger partial charge is 0.261 e. The lowest BCUT2D eigenvalue weighted by molar-refractivity contribution is 0.0114. The third kappa shape index (κ3) is 3.72. The second kappa shape index (κ2) is 6.16. The molecule has 0 bridgehead atoms. The summed E-state index contributed by atoms with van der Waals surface area (Å²) in [6.07, 6.45) is 3.61. The molecule has 0 spiro atoms. The lowest BCUT2D eigenvalue weighted by Gasteiger charge is -2.31. The number of halogens is 3. The Kier molecular flexibility index (Phi) is 4.45. The largest absolute Gasteiger partial charge is 0.370 e. The number of rotatable bonds is 3. The molecule has 2 fully saturated rings. The zero-order valence-corrected chi connectivity index (χ0v) is 13.6. The van der Waals surface area contributed by atoms with Crippen LogP contribution in [0.3, 0.4) is 0 Å². The second-order valence-electron chi connectivity index (χ2n) is 5.96. The molecule has 0 amide bonds. The number of anilines is 1. The summed E-state index contributed by atoms with van der Waals surface area (Å²) in [5.74, 6) is -2.54. The van der Waals surface area contributed by atoms with Gasteiger partial charge in [0.25, 0.3) is 5.92 Å². The number of aromatic nitrogens is 1. The molecule has 3 heterocycles. The van der Waals surface area contributed by atoms with Crippen LogP contribution < -0.4 is 4.90 Å². The topological polar surface area (TPSA) is 19.4 Å². The quantitative estimate of drug-likeness (QED) is 0.767. The standard InChI is InChI=1S/C15H20BrF2N3/c16-14-5-4-13(21-7-2-1-3-8-21)12(19-14)10-20-9-6-15(17,18)11-20/h4-5H,1-3,6-11H2. The van der Waals surface area contributed by atoms with Crippen LogP contribution in [0.25, 0.3) is 0 Å². The van der Waals surface area contributed by atoms with E-state index in [0.717, 1.165) is 29.1 Å². The average molecular weight is 360 g/mol. The number of likely N-dealkylation sites (tertiary alicyclic amines) is 1. The van der Waals surface area contributed by atoms with E-state index in [1.54, 1.807) is 0 Å². The molecule has 1 aromatic heterocycles. The predicted octanol–water partition coefficient (Wildman–Crippen LogP) is 3.68. The first-order valence-corrected chi connectivity index (χ1v) is 8.33. The van der Waals surface area contributed by atoms with E-state index in [9.17, 15) is 8.78 Å². The molecule has 2 aliphatic rings. The number of pyridine rings is 1. The van der Waals surface area contributed by atoms with Gasteiger partial charge in [-0.25, -0.2) is 13.8 Å². The van der Waals surface area contributed by atoms with Gasteiger partial charge in [-0.1, -0.05) is 0 Å². The summed E-state index contributed by atoms with van der Waals surface area (Å²) in [6.45, 7) is 2.86. The molecule has 0 N–H and O–H groups in total. The fraction of sp³-hybridized carbons (Fsp3) is 0.667. The first kappa shape index (κ1) is 15.2. The zero-order valence-electron chi connectivity index (χ0n) is 12.0. The molecule has 3 nitrogen and oxygen atoms in total. The summed E-state index contributed by atoms with van der Waals surface area (Å²) in [6, 6.07) is 4.00. The first-order chi connectivity index (χ1) is 10.0. The van der Waals surface area contributed by atoms with Crippen molar-refractivity contribution < 1.29 is 8.78 Å². The van der Waals surface area contributed by atoms with Crippen molar-refractivity contribution in [2.24, 2.45) is 0 Å². The Hall–Kier alpha value is -0.750. The number of piperidine rings is 1. The van der Waals surface area contributed by atoms with Crippen LogP contribution >= 0.6 is 15.9 Å². The van der Waals surface area contributed by atoms with Gasteiger partial charge in [0.15, 0.2) is 0 Å². The maximum atomic E-state index is 13.3. The molecule has 0 radical (unpaired) electrons. The highest BCUT2D eigenvalue weighted by Gasteiger charge is 2.38. The molecule has 1 aromatic rings. The third-order valence-corrected chi connectivity index (χ3v) is 4.68. The predicted molar refractivity (Wildman–Crippen MR) is 82.8 cm³/mol. The number of hydrogen-bond donors (Lipinski definition) is 0. The van der Waals surface area contributed by atoms with E-state index in [2.05, 4.69) is 31.9 Å². The van der Waals surface area contributed by atoms with Crippen molar-refractivity contribution in [1.29, 1.82) is 0 Å². The minimum atomic E-state index is -2.54. The van der Waals surface area contributed by atoms with Gasteiger partial charge in [-0.05, 0) is 47.3 Å². The van der Waals surface area contributed by atoms with E-state index in [1.807, 2.05) is 11.0 Å². The van der Waals surface area contributed by atoms with Gasteiger partial charge < -0.3 is 4.90 Å². The van der Waals surface area contributed by atoms with Crippen molar-refractivity contribution in [3.05, 3.63) is 22.4 Å². The molecule has 21 heavy (non-hydrogen) atoms. The van der Waals surface area contributed by atoms with Crippen LogP contribution in [-0.4, -0.2) is 42.0 Å². The maximum Gasteiger partial charge on any atom is 0.261 e. The lowest BCUT2D eigenvalue weighted by Crippen LogP contribution is -2.32. The lowest BCUT2D eigenvalue weighted by atomic mass is 10.1. The van der Waals surface area contributed by atoms with Crippen LogP contribution in [-0.2, 0) is 6.54 Å². The summed E-state index contributed by atoms with van der Waals surface area (Å²) < 4.78 is 27.5. The Bertz CT molecular complexity index is 504. The Morgan fingerprint density at radius 2 is 1.90 bits per heavy atom. The van der Waals surface area contributed by atoms with Crippen LogP contribution in [0.1, 0.15) is 31.4 Å². The van der Waals surface area contributed by atoms with Crippen LogP contribution in [0.5, 0.6) is 0 Å². The molecule has 0 aromatic carbocycles. The monoisotopic (exact) mass is 359 g/mol. The molecule has 0 atom stereocenters. The van der Waals surface area contributed by atoms with Crippen molar-refractivity contribution in [1.82, 2.24) is 9.88 Å². The second-order valence-corrected chi connectivity index (χ2v) is 6.78. The van der Waals surface area contributed by atoms with Crippen LogP contribution in [0.4, 0.5) is 14.5 Å². The van der Waals surface area contributed by atoms with Gasteiger partial charge in [0.1, 0.15) is 4.60 Å². The molecular formula is C15H20BrF2N3. The van der Waals surface area contributed by atoms with Gasteiger partial charge in [0, 0.05) is 32.6 Å².